The Hall–Kier alpha value is -3.51. The molecule has 0 bridgehead atoms. The van der Waals surface area contributed by atoms with Crippen LogP contribution in [0.3, 0.4) is 0 Å². The molecule has 0 atom stereocenters. The molecule has 102 valence electrons. The number of amides is 1. The molecule has 0 aromatic heterocycles. The molecule has 0 saturated heterocycles. The molecule has 0 heterocycles. The van der Waals surface area contributed by atoms with Gasteiger partial charge in [-0.1, -0.05) is 6.07 Å². The van der Waals surface area contributed by atoms with Crippen LogP contribution >= 0.6 is 0 Å². The van der Waals surface area contributed by atoms with Crippen molar-refractivity contribution in [1.29, 1.82) is 10.5 Å². The minimum atomic E-state index is -0.642. The van der Waals surface area contributed by atoms with Crippen molar-refractivity contribution in [1.82, 2.24) is 0 Å². The number of carbonyl (C=O) groups excluding carboxylic acids is 1. The van der Waals surface area contributed by atoms with E-state index < -0.39 is 17.4 Å². The van der Waals surface area contributed by atoms with Gasteiger partial charge in [0, 0.05) is 5.69 Å². The first kappa shape index (κ1) is 13.9. The fourth-order valence-corrected chi connectivity index (χ4v) is 1.72. The van der Waals surface area contributed by atoms with Gasteiger partial charge in [-0.15, -0.1) is 0 Å². The van der Waals surface area contributed by atoms with Crippen molar-refractivity contribution in [3.05, 3.63) is 53.1 Å². The smallest absolute Gasteiger partial charge is 0.259 e. The van der Waals surface area contributed by atoms with E-state index in [4.69, 9.17) is 10.5 Å². The maximum atomic E-state index is 12.0. The third kappa shape index (κ3) is 2.75. The van der Waals surface area contributed by atoms with Gasteiger partial charge in [-0.3, -0.25) is 4.79 Å². The Kier molecular flexibility index (Phi) is 3.74. The van der Waals surface area contributed by atoms with Gasteiger partial charge in [-0.2, -0.15) is 10.5 Å². The van der Waals surface area contributed by atoms with Gasteiger partial charge in [-0.25, -0.2) is 0 Å². The Balaban J connectivity index is 2.31. The standard InChI is InChI=1S/C15H9N3O3/c16-7-9-4-5-11(6-10(9)8-17)18-15(21)12-2-1-3-13(19)14(12)20/h1-6,19-20H,(H,18,21). The van der Waals surface area contributed by atoms with Crippen molar-refractivity contribution < 1.29 is 15.0 Å². The fraction of sp³-hybridized carbons (Fsp3) is 0. The molecule has 2 aromatic carbocycles. The average molecular weight is 279 g/mol. The summed E-state index contributed by atoms with van der Waals surface area (Å²) in [5, 5.41) is 39.2. The summed E-state index contributed by atoms with van der Waals surface area (Å²) in [5.41, 5.74) is 0.544. The van der Waals surface area contributed by atoms with E-state index >= 15 is 0 Å². The lowest BCUT2D eigenvalue weighted by atomic mass is 10.1. The second-order valence-electron chi connectivity index (χ2n) is 4.11. The summed E-state index contributed by atoms with van der Waals surface area (Å²) in [5.74, 6) is -1.57. The summed E-state index contributed by atoms with van der Waals surface area (Å²) >= 11 is 0. The van der Waals surface area contributed by atoms with E-state index in [1.165, 1.54) is 36.4 Å². The number of anilines is 1. The molecular weight excluding hydrogens is 270 g/mol. The van der Waals surface area contributed by atoms with Gasteiger partial charge in [0.05, 0.1) is 16.7 Å². The molecule has 1 amide bonds. The van der Waals surface area contributed by atoms with Gasteiger partial charge in [0.15, 0.2) is 11.5 Å². The number of nitrogens with zero attached hydrogens (tertiary/aromatic N) is 2. The number of aromatic hydroxyl groups is 2. The molecule has 0 aliphatic rings. The molecule has 0 radical (unpaired) electrons. The summed E-state index contributed by atoms with van der Waals surface area (Å²) in [6.45, 7) is 0. The van der Waals surface area contributed by atoms with Gasteiger partial charge < -0.3 is 15.5 Å². The Morgan fingerprint density at radius 2 is 1.76 bits per heavy atom. The highest BCUT2D eigenvalue weighted by molar-refractivity contribution is 6.06. The van der Waals surface area contributed by atoms with Crippen LogP contribution in [0, 0.1) is 22.7 Å². The Labute approximate surface area is 120 Å². The topological polar surface area (TPSA) is 117 Å². The second kappa shape index (κ2) is 5.64. The van der Waals surface area contributed by atoms with E-state index in [1.807, 2.05) is 12.1 Å². The molecular formula is C15H9N3O3. The van der Waals surface area contributed by atoms with Gasteiger partial charge >= 0.3 is 0 Å². The Bertz CT molecular complexity index is 801. The molecule has 6 nitrogen and oxygen atoms in total. The van der Waals surface area contributed by atoms with E-state index in [2.05, 4.69) is 5.32 Å². The Morgan fingerprint density at radius 1 is 1.05 bits per heavy atom. The van der Waals surface area contributed by atoms with Crippen LogP contribution in [-0.4, -0.2) is 16.1 Å². The number of rotatable bonds is 2. The highest BCUT2D eigenvalue weighted by Gasteiger charge is 2.14. The van der Waals surface area contributed by atoms with Crippen molar-refractivity contribution in [2.45, 2.75) is 0 Å². The average Bonchev–Trinajstić information content (AvgIpc) is 2.49. The largest absolute Gasteiger partial charge is 0.504 e. The van der Waals surface area contributed by atoms with Crippen molar-refractivity contribution >= 4 is 11.6 Å². The lowest BCUT2D eigenvalue weighted by molar-refractivity contribution is 0.102. The third-order valence-electron chi connectivity index (χ3n) is 2.78. The minimum absolute atomic E-state index is 0.0992. The summed E-state index contributed by atoms with van der Waals surface area (Å²) in [6, 6.07) is 12.0. The van der Waals surface area contributed by atoms with Crippen LogP contribution in [-0.2, 0) is 0 Å². The zero-order valence-electron chi connectivity index (χ0n) is 10.7. The molecule has 0 saturated carbocycles. The lowest BCUT2D eigenvalue weighted by Gasteiger charge is -2.08. The number of nitrogens with one attached hydrogen (secondary N) is 1. The SMILES string of the molecule is N#Cc1ccc(NC(=O)c2cccc(O)c2O)cc1C#N. The van der Waals surface area contributed by atoms with E-state index in [0.29, 0.717) is 5.69 Å². The van der Waals surface area contributed by atoms with Crippen molar-refractivity contribution in [2.24, 2.45) is 0 Å². The van der Waals surface area contributed by atoms with Crippen LogP contribution in [0.4, 0.5) is 5.69 Å². The van der Waals surface area contributed by atoms with Crippen LogP contribution in [0.5, 0.6) is 11.5 Å². The van der Waals surface area contributed by atoms with Crippen LogP contribution in [0.1, 0.15) is 21.5 Å². The maximum Gasteiger partial charge on any atom is 0.259 e. The maximum absolute atomic E-state index is 12.0. The molecule has 21 heavy (non-hydrogen) atoms. The van der Waals surface area contributed by atoms with E-state index in [-0.39, 0.29) is 16.7 Å². The monoisotopic (exact) mass is 279 g/mol. The minimum Gasteiger partial charge on any atom is -0.504 e. The zero-order valence-corrected chi connectivity index (χ0v) is 10.7. The van der Waals surface area contributed by atoms with Crippen molar-refractivity contribution in [3.63, 3.8) is 0 Å². The first-order valence-corrected chi connectivity index (χ1v) is 5.83. The number of carbonyl (C=O) groups is 1. The fourth-order valence-electron chi connectivity index (χ4n) is 1.72. The number of phenols is 2. The normalized spacial score (nSPS) is 9.43. The molecule has 0 fully saturated rings. The number of para-hydroxylation sites is 1. The van der Waals surface area contributed by atoms with E-state index in [9.17, 15) is 15.0 Å². The Morgan fingerprint density at radius 3 is 2.43 bits per heavy atom. The van der Waals surface area contributed by atoms with E-state index in [0.717, 1.165) is 0 Å². The molecule has 0 aliphatic carbocycles. The van der Waals surface area contributed by atoms with Crippen LogP contribution in [0.2, 0.25) is 0 Å². The number of nitriles is 2. The van der Waals surface area contributed by atoms with Gasteiger partial charge in [-0.05, 0) is 30.3 Å². The molecule has 2 rings (SSSR count). The van der Waals surface area contributed by atoms with Crippen LogP contribution in [0.15, 0.2) is 36.4 Å². The number of hydrogen-bond acceptors (Lipinski definition) is 5. The summed E-state index contributed by atoms with van der Waals surface area (Å²) < 4.78 is 0. The van der Waals surface area contributed by atoms with Crippen molar-refractivity contribution in [3.8, 4) is 23.6 Å². The van der Waals surface area contributed by atoms with Crippen LogP contribution < -0.4 is 5.32 Å². The highest BCUT2D eigenvalue weighted by atomic mass is 16.3. The number of hydrogen-bond donors (Lipinski definition) is 3. The third-order valence-corrected chi connectivity index (χ3v) is 2.78. The van der Waals surface area contributed by atoms with Crippen molar-refractivity contribution in [2.75, 3.05) is 5.32 Å². The second-order valence-corrected chi connectivity index (χ2v) is 4.11. The zero-order chi connectivity index (χ0) is 15.4. The predicted molar refractivity (Wildman–Crippen MR) is 73.6 cm³/mol. The van der Waals surface area contributed by atoms with Gasteiger partial charge in [0.25, 0.3) is 5.91 Å². The lowest BCUT2D eigenvalue weighted by Crippen LogP contribution is -2.12. The van der Waals surface area contributed by atoms with E-state index in [1.54, 1.807) is 0 Å². The van der Waals surface area contributed by atoms with Gasteiger partial charge in [0.1, 0.15) is 12.1 Å². The first-order chi connectivity index (χ1) is 10.1. The first-order valence-electron chi connectivity index (χ1n) is 5.83. The summed E-state index contributed by atoms with van der Waals surface area (Å²) in [6.07, 6.45) is 0. The molecule has 2 aromatic rings. The van der Waals surface area contributed by atoms with Crippen LogP contribution in [0.25, 0.3) is 0 Å². The predicted octanol–water partition coefficient (Wildman–Crippen LogP) is 2.09. The number of benzene rings is 2. The summed E-state index contributed by atoms with van der Waals surface area (Å²) in [7, 11) is 0. The molecule has 0 spiro atoms. The number of phenolic OH excluding ortho intramolecular Hbond substituents is 2. The highest BCUT2D eigenvalue weighted by Crippen LogP contribution is 2.28. The molecule has 0 unspecified atom stereocenters. The van der Waals surface area contributed by atoms with Gasteiger partial charge in [0.2, 0.25) is 0 Å². The molecule has 0 aliphatic heterocycles. The molecule has 6 heteroatoms. The quantitative estimate of drug-likeness (QED) is 0.727. The summed E-state index contributed by atoms with van der Waals surface area (Å²) in [4.78, 5) is 12.0. The molecule has 3 N–H and O–H groups in total.